The van der Waals surface area contributed by atoms with E-state index in [1.165, 1.54) is 0 Å². The van der Waals surface area contributed by atoms with E-state index in [9.17, 15) is 4.79 Å². The topological polar surface area (TPSA) is 67.3 Å². The highest BCUT2D eigenvalue weighted by atomic mass is 35.5. The summed E-state index contributed by atoms with van der Waals surface area (Å²) in [4.78, 5) is 22.9. The van der Waals surface area contributed by atoms with Gasteiger partial charge in [-0.2, -0.15) is 0 Å². The van der Waals surface area contributed by atoms with E-state index in [2.05, 4.69) is 27.1 Å². The number of nitrogens with one attached hydrogen (secondary N) is 1. The molecule has 0 aromatic carbocycles. The molecule has 7 heteroatoms. The van der Waals surface area contributed by atoms with Gasteiger partial charge in [-0.25, -0.2) is 9.97 Å². The van der Waals surface area contributed by atoms with Crippen molar-refractivity contribution in [3.8, 4) is 0 Å². The van der Waals surface area contributed by atoms with E-state index in [-0.39, 0.29) is 11.9 Å². The van der Waals surface area contributed by atoms with Gasteiger partial charge in [0.1, 0.15) is 11.0 Å². The van der Waals surface area contributed by atoms with E-state index in [0.717, 1.165) is 44.5 Å². The number of hydrogen-bond acceptors (Lipinski definition) is 6. The molecular weight excluding hydrogens is 328 g/mol. The van der Waals surface area contributed by atoms with Gasteiger partial charge in [-0.3, -0.25) is 10.1 Å². The van der Waals surface area contributed by atoms with Crippen LogP contribution in [0.25, 0.3) is 0 Å². The Morgan fingerprint density at radius 3 is 2.96 bits per heavy atom. The normalized spacial score (nSPS) is 26.6. The van der Waals surface area contributed by atoms with Crippen molar-refractivity contribution < 1.29 is 9.53 Å². The molecule has 6 nitrogen and oxygen atoms in total. The molecule has 2 bridgehead atoms. The van der Waals surface area contributed by atoms with Crippen molar-refractivity contribution in [2.45, 2.75) is 57.7 Å². The van der Waals surface area contributed by atoms with E-state index in [0.29, 0.717) is 17.7 Å². The van der Waals surface area contributed by atoms with Crippen LogP contribution in [0.2, 0.25) is 5.15 Å². The first kappa shape index (κ1) is 17.4. The van der Waals surface area contributed by atoms with Crippen LogP contribution in [0.3, 0.4) is 0 Å². The van der Waals surface area contributed by atoms with Crippen LogP contribution in [0.4, 0.5) is 5.82 Å². The Morgan fingerprint density at radius 1 is 1.50 bits per heavy atom. The number of nitrogens with zero attached hydrogens (tertiary/aromatic N) is 3. The lowest BCUT2D eigenvalue weighted by atomic mass is 9.86. The molecule has 24 heavy (non-hydrogen) atoms. The molecule has 0 aliphatic carbocycles. The number of piperazine rings is 1. The lowest BCUT2D eigenvalue weighted by Gasteiger charge is -2.56. The van der Waals surface area contributed by atoms with Gasteiger partial charge in [0.25, 0.3) is 0 Å². The van der Waals surface area contributed by atoms with Gasteiger partial charge in [0.05, 0.1) is 24.9 Å². The van der Waals surface area contributed by atoms with E-state index in [1.807, 2.05) is 6.92 Å². The molecule has 1 aromatic heterocycles. The number of halogens is 1. The molecule has 3 fully saturated rings. The maximum absolute atomic E-state index is 12.4. The number of fused-ring (bicyclic) bond motifs is 2. The highest BCUT2D eigenvalue weighted by Gasteiger charge is 2.53. The smallest absolute Gasteiger partial charge is 0.310 e. The number of piperidine rings is 1. The zero-order chi connectivity index (χ0) is 17.2. The Kier molecular flexibility index (Phi) is 5.25. The lowest BCUT2D eigenvalue weighted by Crippen LogP contribution is -2.77. The summed E-state index contributed by atoms with van der Waals surface area (Å²) in [5, 5.41) is 3.77. The minimum absolute atomic E-state index is 0.0579. The van der Waals surface area contributed by atoms with Crippen molar-refractivity contribution in [2.75, 3.05) is 18.0 Å². The fourth-order valence-corrected chi connectivity index (χ4v) is 3.56. The van der Waals surface area contributed by atoms with Gasteiger partial charge >= 0.3 is 5.97 Å². The zero-order valence-corrected chi connectivity index (χ0v) is 15.1. The highest BCUT2D eigenvalue weighted by Crippen LogP contribution is 2.35. The van der Waals surface area contributed by atoms with Crippen molar-refractivity contribution in [3.05, 3.63) is 17.5 Å². The maximum atomic E-state index is 12.4. The summed E-state index contributed by atoms with van der Waals surface area (Å²) in [6, 6.07) is 0.319. The number of carbonyl (C=O) groups excluding carboxylic acids is 1. The Morgan fingerprint density at radius 2 is 2.29 bits per heavy atom. The number of anilines is 1. The Bertz CT molecular complexity index is 574. The molecular formula is C17H25ClN4O2. The van der Waals surface area contributed by atoms with Crippen molar-refractivity contribution in [3.63, 3.8) is 0 Å². The Labute approximate surface area is 147 Å². The number of hydrogen-bond donors (Lipinski definition) is 1. The van der Waals surface area contributed by atoms with Gasteiger partial charge in [0.2, 0.25) is 0 Å². The monoisotopic (exact) mass is 352 g/mol. The van der Waals surface area contributed by atoms with Gasteiger partial charge in [-0.05, 0) is 6.42 Å². The molecule has 0 saturated carbocycles. The summed E-state index contributed by atoms with van der Waals surface area (Å²) >= 11 is 5.80. The molecule has 3 aliphatic rings. The lowest BCUT2D eigenvalue weighted by molar-refractivity contribution is -0.186. The molecule has 3 saturated heterocycles. The number of esters is 1. The zero-order valence-electron chi connectivity index (χ0n) is 14.3. The van der Waals surface area contributed by atoms with Gasteiger partial charge in [0.15, 0.2) is 5.72 Å². The molecule has 4 rings (SSSR count). The second kappa shape index (κ2) is 7.23. The van der Waals surface area contributed by atoms with Crippen LogP contribution in [0.5, 0.6) is 0 Å². The number of carbonyl (C=O) groups is 1. The van der Waals surface area contributed by atoms with E-state index in [4.69, 9.17) is 16.3 Å². The Hall–Kier alpha value is -1.40. The van der Waals surface area contributed by atoms with Gasteiger partial charge in [0, 0.05) is 19.0 Å². The average molecular weight is 353 g/mol. The predicted molar refractivity (Wildman–Crippen MR) is 92.9 cm³/mol. The number of rotatable bonds is 7. The van der Waals surface area contributed by atoms with Crippen LogP contribution in [0.1, 0.15) is 46.0 Å². The summed E-state index contributed by atoms with van der Waals surface area (Å²) in [5.74, 6) is 0.598. The van der Waals surface area contributed by atoms with Crippen LogP contribution < -0.4 is 10.2 Å². The van der Waals surface area contributed by atoms with Gasteiger partial charge in [-0.15, -0.1) is 0 Å². The maximum Gasteiger partial charge on any atom is 0.310 e. The summed E-state index contributed by atoms with van der Waals surface area (Å²) in [6.45, 7) is 5.54. The molecule has 0 spiro atoms. The second-order valence-corrected chi connectivity index (χ2v) is 7.32. The van der Waals surface area contributed by atoms with Gasteiger partial charge in [-0.1, -0.05) is 44.7 Å². The second-order valence-electron chi connectivity index (χ2n) is 6.94. The van der Waals surface area contributed by atoms with E-state index in [1.54, 1.807) is 12.4 Å². The Balaban J connectivity index is 1.57. The van der Waals surface area contributed by atoms with Crippen molar-refractivity contribution in [1.82, 2.24) is 15.3 Å². The standard InChI is InChI=1S/C17H25ClN4O2/c1-3-4-5-6-12(2)16(23)24-17-7-13(21-17)10-22(11-17)15-9-19-14(18)8-20-15/h8-9,12-13,21H,3-7,10-11H2,1-2H3. The van der Waals surface area contributed by atoms with Crippen LogP contribution >= 0.6 is 11.6 Å². The first-order chi connectivity index (χ1) is 11.5. The molecule has 3 unspecified atom stereocenters. The molecule has 1 aromatic rings. The molecule has 132 valence electrons. The molecule has 0 radical (unpaired) electrons. The van der Waals surface area contributed by atoms with Crippen molar-refractivity contribution in [2.24, 2.45) is 5.92 Å². The molecule has 1 N–H and O–H groups in total. The number of ether oxygens (including phenoxy) is 1. The number of unbranched alkanes of at least 4 members (excludes halogenated alkanes) is 2. The third-order valence-electron chi connectivity index (χ3n) is 4.80. The van der Waals surface area contributed by atoms with Crippen LogP contribution in [0, 0.1) is 5.92 Å². The average Bonchev–Trinajstić information content (AvgIpc) is 2.54. The van der Waals surface area contributed by atoms with E-state index < -0.39 is 5.72 Å². The van der Waals surface area contributed by atoms with Crippen molar-refractivity contribution >= 4 is 23.4 Å². The molecule has 4 heterocycles. The van der Waals surface area contributed by atoms with Crippen molar-refractivity contribution in [1.29, 1.82) is 0 Å². The third-order valence-corrected chi connectivity index (χ3v) is 5.00. The summed E-state index contributed by atoms with van der Waals surface area (Å²) in [6.07, 6.45) is 8.34. The quantitative estimate of drug-likeness (QED) is 0.601. The van der Waals surface area contributed by atoms with Crippen LogP contribution in [-0.4, -0.2) is 40.8 Å². The molecule has 3 aliphatic heterocycles. The minimum atomic E-state index is -0.583. The summed E-state index contributed by atoms with van der Waals surface area (Å²) < 4.78 is 5.85. The van der Waals surface area contributed by atoms with Crippen LogP contribution in [0.15, 0.2) is 12.4 Å². The summed E-state index contributed by atoms with van der Waals surface area (Å²) in [7, 11) is 0. The first-order valence-corrected chi connectivity index (χ1v) is 9.12. The predicted octanol–water partition coefficient (Wildman–Crippen LogP) is 2.77. The largest absolute Gasteiger partial charge is 0.442 e. The first-order valence-electron chi connectivity index (χ1n) is 8.74. The fraction of sp³-hybridized carbons (Fsp3) is 0.706. The molecule has 3 atom stereocenters. The minimum Gasteiger partial charge on any atom is -0.442 e. The summed E-state index contributed by atoms with van der Waals surface area (Å²) in [5.41, 5.74) is -0.583. The number of aromatic nitrogens is 2. The molecule has 0 amide bonds. The third kappa shape index (κ3) is 3.81. The fourth-order valence-electron chi connectivity index (χ4n) is 3.47. The SMILES string of the molecule is CCCCCC(C)C(=O)OC12CC(CN(c3cnc(Cl)cn3)C1)N2. The van der Waals surface area contributed by atoms with E-state index >= 15 is 0 Å². The van der Waals surface area contributed by atoms with Crippen LogP contribution in [-0.2, 0) is 9.53 Å². The highest BCUT2D eigenvalue weighted by molar-refractivity contribution is 6.29. The van der Waals surface area contributed by atoms with Gasteiger partial charge < -0.3 is 9.64 Å².